The molecule has 1 aromatic carbocycles. The number of carbonyl (C=O) groups is 3. The molecule has 1 heterocycles. The van der Waals surface area contributed by atoms with Crippen molar-refractivity contribution in [3.05, 3.63) is 30.1 Å². The summed E-state index contributed by atoms with van der Waals surface area (Å²) >= 11 is 0. The first-order valence-electron chi connectivity index (χ1n) is 9.59. The number of nitrogens with zero attached hydrogens (tertiary/aromatic N) is 1. The lowest BCUT2D eigenvalue weighted by atomic mass is 10.0. The summed E-state index contributed by atoms with van der Waals surface area (Å²) in [6.45, 7) is 5.89. The summed E-state index contributed by atoms with van der Waals surface area (Å²) in [5, 5.41) is 8.38. The minimum Gasteiger partial charge on any atom is -0.343 e. The molecule has 0 spiro atoms. The number of carbonyl (C=O) groups excluding carboxylic acids is 3. The average molecular weight is 392 g/mol. The lowest BCUT2D eigenvalue weighted by molar-refractivity contribution is -0.141. The fourth-order valence-corrected chi connectivity index (χ4v) is 3.16. The number of hydrogen-bond donors (Lipinski definition) is 3. The predicted octanol–water partition coefficient (Wildman–Crippen LogP) is 1.50. The zero-order chi connectivity index (χ0) is 20.8. The summed E-state index contributed by atoms with van der Waals surface area (Å²) in [5.41, 5.74) is 0.474. The molecule has 2 rings (SSSR count). The number of hydrogen-bond acceptors (Lipinski definition) is 4. The summed E-state index contributed by atoms with van der Waals surface area (Å²) in [7, 11) is 1.67. The third-order valence-electron chi connectivity index (χ3n) is 5.01. The first-order valence-corrected chi connectivity index (χ1v) is 9.59. The van der Waals surface area contributed by atoms with E-state index in [0.29, 0.717) is 25.1 Å². The van der Waals surface area contributed by atoms with Crippen LogP contribution < -0.4 is 16.0 Å². The van der Waals surface area contributed by atoms with E-state index in [1.54, 1.807) is 14.0 Å². The van der Waals surface area contributed by atoms with Crippen LogP contribution in [0.25, 0.3) is 0 Å². The lowest BCUT2D eigenvalue weighted by Gasteiger charge is -2.31. The zero-order valence-corrected chi connectivity index (χ0v) is 16.8. The van der Waals surface area contributed by atoms with Gasteiger partial charge in [-0.2, -0.15) is 0 Å². The highest BCUT2D eigenvalue weighted by molar-refractivity contribution is 5.99. The Kier molecular flexibility index (Phi) is 7.51. The van der Waals surface area contributed by atoms with Gasteiger partial charge in [-0.05, 0) is 57.0 Å². The largest absolute Gasteiger partial charge is 0.343 e. The van der Waals surface area contributed by atoms with Crippen LogP contribution in [0, 0.1) is 11.7 Å². The van der Waals surface area contributed by atoms with Gasteiger partial charge in [0.2, 0.25) is 17.7 Å². The Morgan fingerprint density at radius 3 is 2.36 bits per heavy atom. The number of likely N-dealkylation sites (N-methyl/N-ethyl adjacent to an activating group) is 1. The molecule has 1 aliphatic heterocycles. The van der Waals surface area contributed by atoms with Crippen LogP contribution in [0.5, 0.6) is 0 Å². The van der Waals surface area contributed by atoms with Gasteiger partial charge in [0.15, 0.2) is 0 Å². The number of anilines is 1. The number of benzene rings is 1. The van der Waals surface area contributed by atoms with Crippen molar-refractivity contribution in [1.82, 2.24) is 15.5 Å². The van der Waals surface area contributed by atoms with E-state index in [9.17, 15) is 18.8 Å². The summed E-state index contributed by atoms with van der Waals surface area (Å²) in [6.07, 6.45) is 1.25. The highest BCUT2D eigenvalue weighted by Crippen LogP contribution is 2.22. The maximum Gasteiger partial charge on any atom is 0.247 e. The van der Waals surface area contributed by atoms with E-state index in [2.05, 4.69) is 16.0 Å². The van der Waals surface area contributed by atoms with E-state index in [1.165, 1.54) is 29.2 Å². The Labute approximate surface area is 165 Å². The van der Waals surface area contributed by atoms with Crippen molar-refractivity contribution in [2.75, 3.05) is 18.9 Å². The second-order valence-corrected chi connectivity index (χ2v) is 7.43. The molecule has 8 heteroatoms. The SMILES string of the molecule is CN[C@@H](C)C(=O)N[C@H](C(=O)N1CCC[C@H]1C(=O)Nc1ccc(F)cc1)C(C)C. The van der Waals surface area contributed by atoms with Crippen LogP contribution in [0.15, 0.2) is 24.3 Å². The molecule has 3 N–H and O–H groups in total. The molecule has 0 aliphatic carbocycles. The first kappa shape index (κ1) is 21.8. The number of halogens is 1. The summed E-state index contributed by atoms with van der Waals surface area (Å²) in [5.74, 6) is -1.34. The van der Waals surface area contributed by atoms with Crippen LogP contribution >= 0.6 is 0 Å². The van der Waals surface area contributed by atoms with E-state index >= 15 is 0 Å². The molecule has 1 saturated heterocycles. The molecule has 1 aromatic rings. The number of likely N-dealkylation sites (tertiary alicyclic amines) is 1. The molecule has 0 aromatic heterocycles. The predicted molar refractivity (Wildman–Crippen MR) is 105 cm³/mol. The van der Waals surface area contributed by atoms with Gasteiger partial charge < -0.3 is 20.9 Å². The summed E-state index contributed by atoms with van der Waals surface area (Å²) in [4.78, 5) is 39.6. The molecule has 0 unspecified atom stereocenters. The molecule has 28 heavy (non-hydrogen) atoms. The maximum atomic E-state index is 13.1. The Balaban J connectivity index is 2.09. The van der Waals surface area contributed by atoms with Gasteiger partial charge in [-0.3, -0.25) is 14.4 Å². The second kappa shape index (κ2) is 9.64. The van der Waals surface area contributed by atoms with Crippen molar-refractivity contribution in [2.45, 2.75) is 51.7 Å². The standard InChI is InChI=1S/C20H29FN4O3/c1-12(2)17(24-18(26)13(3)22-4)20(28)25-11-5-6-16(25)19(27)23-15-9-7-14(21)8-10-15/h7-10,12-13,16-17,22H,5-6,11H2,1-4H3,(H,23,27)(H,24,26)/t13-,16-,17-/m0/s1. The van der Waals surface area contributed by atoms with Crippen molar-refractivity contribution in [3.8, 4) is 0 Å². The van der Waals surface area contributed by atoms with Crippen LogP contribution in [0.1, 0.15) is 33.6 Å². The number of amides is 3. The van der Waals surface area contributed by atoms with Crippen LogP contribution in [-0.2, 0) is 14.4 Å². The fourth-order valence-electron chi connectivity index (χ4n) is 3.16. The van der Waals surface area contributed by atoms with Crippen molar-refractivity contribution in [3.63, 3.8) is 0 Å². The molecule has 0 bridgehead atoms. The fraction of sp³-hybridized carbons (Fsp3) is 0.550. The van der Waals surface area contributed by atoms with Crippen LogP contribution in [0.3, 0.4) is 0 Å². The minimum absolute atomic E-state index is 0.123. The topological polar surface area (TPSA) is 90.5 Å². The van der Waals surface area contributed by atoms with Gasteiger partial charge in [-0.1, -0.05) is 13.8 Å². The van der Waals surface area contributed by atoms with Crippen LogP contribution in [-0.4, -0.2) is 54.3 Å². The Bertz CT molecular complexity index is 708. The Hall–Kier alpha value is -2.48. The van der Waals surface area contributed by atoms with E-state index in [4.69, 9.17) is 0 Å². The number of rotatable bonds is 7. The van der Waals surface area contributed by atoms with Gasteiger partial charge >= 0.3 is 0 Å². The molecular weight excluding hydrogens is 363 g/mol. The molecule has 0 radical (unpaired) electrons. The van der Waals surface area contributed by atoms with Gasteiger partial charge in [0.25, 0.3) is 0 Å². The third kappa shape index (κ3) is 5.28. The van der Waals surface area contributed by atoms with Gasteiger partial charge in [-0.25, -0.2) is 4.39 Å². The van der Waals surface area contributed by atoms with Crippen molar-refractivity contribution in [1.29, 1.82) is 0 Å². The van der Waals surface area contributed by atoms with E-state index in [-0.39, 0.29) is 29.5 Å². The smallest absolute Gasteiger partial charge is 0.247 e. The van der Waals surface area contributed by atoms with E-state index < -0.39 is 18.1 Å². The highest BCUT2D eigenvalue weighted by atomic mass is 19.1. The van der Waals surface area contributed by atoms with Gasteiger partial charge in [0, 0.05) is 12.2 Å². The van der Waals surface area contributed by atoms with Crippen molar-refractivity contribution >= 4 is 23.4 Å². The van der Waals surface area contributed by atoms with Gasteiger partial charge in [0.1, 0.15) is 17.9 Å². The monoisotopic (exact) mass is 392 g/mol. The molecule has 1 fully saturated rings. The van der Waals surface area contributed by atoms with Crippen molar-refractivity contribution < 1.29 is 18.8 Å². The summed E-state index contributed by atoms with van der Waals surface area (Å²) < 4.78 is 13.0. The van der Waals surface area contributed by atoms with Crippen LogP contribution in [0.2, 0.25) is 0 Å². The Morgan fingerprint density at radius 1 is 1.14 bits per heavy atom. The van der Waals surface area contributed by atoms with Crippen molar-refractivity contribution in [2.24, 2.45) is 5.92 Å². The average Bonchev–Trinajstić information content (AvgIpc) is 3.16. The molecule has 1 aliphatic rings. The lowest BCUT2D eigenvalue weighted by Crippen LogP contribution is -2.56. The molecule has 0 saturated carbocycles. The third-order valence-corrected chi connectivity index (χ3v) is 5.01. The molecular formula is C20H29FN4O3. The number of nitrogens with one attached hydrogen (secondary N) is 3. The normalized spacial score (nSPS) is 18.6. The van der Waals surface area contributed by atoms with E-state index in [0.717, 1.165) is 0 Å². The second-order valence-electron chi connectivity index (χ2n) is 7.43. The van der Waals surface area contributed by atoms with Gasteiger partial charge in [-0.15, -0.1) is 0 Å². The quantitative estimate of drug-likeness (QED) is 0.656. The molecule has 3 atom stereocenters. The minimum atomic E-state index is -0.706. The zero-order valence-electron chi connectivity index (χ0n) is 16.8. The first-order chi connectivity index (χ1) is 13.2. The Morgan fingerprint density at radius 2 is 1.79 bits per heavy atom. The van der Waals surface area contributed by atoms with Crippen LogP contribution in [0.4, 0.5) is 10.1 Å². The maximum absolute atomic E-state index is 13.1. The molecule has 154 valence electrons. The van der Waals surface area contributed by atoms with E-state index in [1.807, 2.05) is 13.8 Å². The van der Waals surface area contributed by atoms with Gasteiger partial charge in [0.05, 0.1) is 6.04 Å². The summed E-state index contributed by atoms with van der Waals surface area (Å²) in [6, 6.07) is 3.74. The molecule has 3 amide bonds. The highest BCUT2D eigenvalue weighted by Gasteiger charge is 2.38. The molecule has 7 nitrogen and oxygen atoms in total.